The van der Waals surface area contributed by atoms with E-state index in [4.69, 9.17) is 9.47 Å². The number of hydrogen-bond donors (Lipinski definition) is 1. The Hall–Kier alpha value is -3.19. The van der Waals surface area contributed by atoms with Crippen LogP contribution < -0.4 is 14.8 Å². The topological polar surface area (TPSA) is 69.2 Å². The van der Waals surface area contributed by atoms with Gasteiger partial charge < -0.3 is 14.8 Å². The third-order valence-electron chi connectivity index (χ3n) is 4.43. The Morgan fingerprint density at radius 1 is 0.964 bits per heavy atom. The molecule has 4 rings (SSSR count). The van der Waals surface area contributed by atoms with E-state index >= 15 is 0 Å². The molecular formula is C21H20N4O2S. The van der Waals surface area contributed by atoms with Crippen LogP contribution in [0.5, 0.6) is 11.5 Å². The lowest BCUT2D eigenvalue weighted by Crippen LogP contribution is -2.02. The maximum absolute atomic E-state index is 5.43. The van der Waals surface area contributed by atoms with Crippen molar-refractivity contribution in [2.75, 3.05) is 19.5 Å². The lowest BCUT2D eigenvalue weighted by Gasteiger charge is -2.11. The standard InChI is InChI=1S/C21H20N4O2S/c1-13-11-28-20(25-13)10-22-21-16-8-14(4-6-17(16)23-12-24-21)15-5-7-18(26-2)19(9-15)27-3/h4-9,11-12H,10H2,1-3H3,(H,22,23,24). The first-order valence-corrected chi connectivity index (χ1v) is 9.68. The van der Waals surface area contributed by atoms with Crippen molar-refractivity contribution in [3.63, 3.8) is 0 Å². The van der Waals surface area contributed by atoms with Gasteiger partial charge in [0.25, 0.3) is 0 Å². The number of benzene rings is 2. The molecule has 0 spiro atoms. The molecule has 0 radical (unpaired) electrons. The van der Waals surface area contributed by atoms with Gasteiger partial charge in [0.05, 0.1) is 26.3 Å². The van der Waals surface area contributed by atoms with E-state index in [0.29, 0.717) is 18.0 Å². The van der Waals surface area contributed by atoms with Gasteiger partial charge in [-0.15, -0.1) is 11.3 Å². The van der Waals surface area contributed by atoms with Crippen molar-refractivity contribution < 1.29 is 9.47 Å². The summed E-state index contributed by atoms with van der Waals surface area (Å²) in [6.45, 7) is 2.63. The van der Waals surface area contributed by atoms with Crippen LogP contribution >= 0.6 is 11.3 Å². The molecule has 0 saturated heterocycles. The largest absolute Gasteiger partial charge is 0.493 e. The lowest BCUT2D eigenvalue weighted by molar-refractivity contribution is 0.355. The number of fused-ring (bicyclic) bond motifs is 1. The van der Waals surface area contributed by atoms with E-state index in [2.05, 4.69) is 26.3 Å². The molecule has 1 N–H and O–H groups in total. The van der Waals surface area contributed by atoms with Gasteiger partial charge >= 0.3 is 0 Å². The van der Waals surface area contributed by atoms with Crippen LogP contribution in [0.15, 0.2) is 48.1 Å². The van der Waals surface area contributed by atoms with Gasteiger partial charge in [0.1, 0.15) is 17.2 Å². The smallest absolute Gasteiger partial charge is 0.161 e. The monoisotopic (exact) mass is 392 g/mol. The quantitative estimate of drug-likeness (QED) is 0.513. The second-order valence-corrected chi connectivity index (χ2v) is 7.20. The van der Waals surface area contributed by atoms with Crippen LogP contribution in [0, 0.1) is 6.92 Å². The minimum absolute atomic E-state index is 0.630. The van der Waals surface area contributed by atoms with Crippen molar-refractivity contribution in [2.45, 2.75) is 13.5 Å². The first-order chi connectivity index (χ1) is 13.7. The Balaban J connectivity index is 1.69. The van der Waals surface area contributed by atoms with Crippen molar-refractivity contribution in [2.24, 2.45) is 0 Å². The molecule has 0 bridgehead atoms. The number of anilines is 1. The lowest BCUT2D eigenvalue weighted by atomic mass is 10.0. The normalized spacial score (nSPS) is 10.8. The molecule has 6 nitrogen and oxygen atoms in total. The summed E-state index contributed by atoms with van der Waals surface area (Å²) in [6.07, 6.45) is 1.58. The summed E-state index contributed by atoms with van der Waals surface area (Å²) >= 11 is 1.64. The molecule has 0 aliphatic carbocycles. The zero-order valence-electron chi connectivity index (χ0n) is 15.9. The molecule has 7 heteroatoms. The molecule has 2 aromatic heterocycles. The fourth-order valence-electron chi connectivity index (χ4n) is 3.04. The molecule has 28 heavy (non-hydrogen) atoms. The van der Waals surface area contributed by atoms with E-state index in [-0.39, 0.29) is 0 Å². The van der Waals surface area contributed by atoms with Gasteiger partial charge in [-0.05, 0) is 42.3 Å². The molecule has 2 heterocycles. The molecule has 0 fully saturated rings. The molecule has 0 saturated carbocycles. The summed E-state index contributed by atoms with van der Waals surface area (Å²) in [5.74, 6) is 2.19. The predicted molar refractivity (Wildman–Crippen MR) is 112 cm³/mol. The van der Waals surface area contributed by atoms with E-state index in [0.717, 1.165) is 38.5 Å². The van der Waals surface area contributed by atoms with E-state index in [1.54, 1.807) is 31.9 Å². The molecule has 4 aromatic rings. The Labute approximate surface area is 167 Å². The number of thiazole rings is 1. The predicted octanol–water partition coefficient (Wildman–Crippen LogP) is 4.69. The highest BCUT2D eigenvalue weighted by atomic mass is 32.1. The van der Waals surface area contributed by atoms with Crippen LogP contribution in [0.4, 0.5) is 5.82 Å². The molecular weight excluding hydrogens is 372 g/mol. The number of ether oxygens (including phenoxy) is 2. The number of rotatable bonds is 6. The van der Waals surface area contributed by atoms with Crippen LogP contribution in [0.1, 0.15) is 10.7 Å². The van der Waals surface area contributed by atoms with Crippen molar-refractivity contribution in [1.82, 2.24) is 15.0 Å². The molecule has 2 aromatic carbocycles. The SMILES string of the molecule is COc1ccc(-c2ccc3ncnc(NCc4nc(C)cs4)c3c2)cc1OC. The summed E-state index contributed by atoms with van der Waals surface area (Å²) in [5, 5.41) is 7.42. The fourth-order valence-corrected chi connectivity index (χ4v) is 3.75. The van der Waals surface area contributed by atoms with Crippen molar-refractivity contribution in [1.29, 1.82) is 0 Å². The van der Waals surface area contributed by atoms with Gasteiger partial charge in [0.2, 0.25) is 0 Å². The number of nitrogens with one attached hydrogen (secondary N) is 1. The highest BCUT2D eigenvalue weighted by molar-refractivity contribution is 7.09. The van der Waals surface area contributed by atoms with Gasteiger partial charge in [-0.3, -0.25) is 0 Å². The molecule has 0 unspecified atom stereocenters. The molecule has 0 aliphatic rings. The Morgan fingerprint density at radius 3 is 2.50 bits per heavy atom. The number of aryl methyl sites for hydroxylation is 1. The Bertz CT molecular complexity index is 1130. The highest BCUT2D eigenvalue weighted by Gasteiger charge is 2.10. The number of aromatic nitrogens is 3. The fraction of sp³-hybridized carbons (Fsp3) is 0.190. The van der Waals surface area contributed by atoms with E-state index in [9.17, 15) is 0 Å². The van der Waals surface area contributed by atoms with Crippen LogP contribution in [0.3, 0.4) is 0 Å². The van der Waals surface area contributed by atoms with E-state index < -0.39 is 0 Å². The maximum Gasteiger partial charge on any atom is 0.161 e. The summed E-state index contributed by atoms with van der Waals surface area (Å²) in [5.41, 5.74) is 4.00. The maximum atomic E-state index is 5.43. The third-order valence-corrected chi connectivity index (χ3v) is 5.39. The van der Waals surface area contributed by atoms with Gasteiger partial charge in [-0.25, -0.2) is 15.0 Å². The first-order valence-electron chi connectivity index (χ1n) is 8.80. The zero-order chi connectivity index (χ0) is 19.5. The van der Waals surface area contributed by atoms with E-state index in [1.807, 2.05) is 42.6 Å². The Kier molecular flexibility index (Phi) is 5.08. The number of hydrogen-bond acceptors (Lipinski definition) is 7. The van der Waals surface area contributed by atoms with Gasteiger partial charge in [-0.2, -0.15) is 0 Å². The molecule has 0 atom stereocenters. The zero-order valence-corrected chi connectivity index (χ0v) is 16.7. The number of nitrogens with zero attached hydrogens (tertiary/aromatic N) is 3. The minimum Gasteiger partial charge on any atom is -0.493 e. The number of methoxy groups -OCH3 is 2. The van der Waals surface area contributed by atoms with Gasteiger partial charge in [0, 0.05) is 16.5 Å². The van der Waals surface area contributed by atoms with Crippen molar-refractivity contribution >= 4 is 28.1 Å². The summed E-state index contributed by atoms with van der Waals surface area (Å²) < 4.78 is 10.8. The van der Waals surface area contributed by atoms with E-state index in [1.165, 1.54) is 0 Å². The van der Waals surface area contributed by atoms with Gasteiger partial charge in [0.15, 0.2) is 11.5 Å². The highest BCUT2D eigenvalue weighted by Crippen LogP contribution is 2.34. The molecule has 0 amide bonds. The summed E-state index contributed by atoms with van der Waals surface area (Å²) in [7, 11) is 3.27. The molecule has 142 valence electrons. The second kappa shape index (κ2) is 7.82. The summed E-state index contributed by atoms with van der Waals surface area (Å²) in [6, 6.07) is 12.0. The van der Waals surface area contributed by atoms with Crippen LogP contribution in [-0.4, -0.2) is 29.2 Å². The average molecular weight is 392 g/mol. The second-order valence-electron chi connectivity index (χ2n) is 6.26. The Morgan fingerprint density at radius 2 is 1.75 bits per heavy atom. The van der Waals surface area contributed by atoms with Gasteiger partial charge in [-0.1, -0.05) is 12.1 Å². The van der Waals surface area contributed by atoms with Crippen molar-refractivity contribution in [3.8, 4) is 22.6 Å². The third kappa shape index (κ3) is 3.61. The van der Waals surface area contributed by atoms with Crippen LogP contribution in [0.2, 0.25) is 0 Å². The first kappa shape index (κ1) is 18.2. The average Bonchev–Trinajstić information content (AvgIpc) is 3.16. The van der Waals surface area contributed by atoms with Crippen molar-refractivity contribution in [3.05, 3.63) is 58.8 Å². The van der Waals surface area contributed by atoms with Crippen LogP contribution in [-0.2, 0) is 6.54 Å². The molecule has 0 aliphatic heterocycles. The van der Waals surface area contributed by atoms with Crippen LogP contribution in [0.25, 0.3) is 22.0 Å². The minimum atomic E-state index is 0.630. The summed E-state index contributed by atoms with van der Waals surface area (Å²) in [4.78, 5) is 13.3.